The first-order valence-corrected chi connectivity index (χ1v) is 4.65. The topological polar surface area (TPSA) is 39.2 Å². The molecule has 0 radical (unpaired) electrons. The van der Waals surface area contributed by atoms with E-state index in [4.69, 9.17) is 11.6 Å². The van der Waals surface area contributed by atoms with Crippen LogP contribution in [0.2, 0.25) is 5.02 Å². The zero-order valence-electron chi connectivity index (χ0n) is 8.14. The molecule has 1 heterocycles. The molecule has 0 unspecified atom stereocenters. The zero-order chi connectivity index (χ0) is 12.3. The van der Waals surface area contributed by atoms with Gasteiger partial charge in [0.2, 0.25) is 5.88 Å². The van der Waals surface area contributed by atoms with Crippen LogP contribution in [-0.4, -0.2) is 11.0 Å². The largest absolute Gasteiger partial charge is 0.417 e. The third-order valence-corrected chi connectivity index (χ3v) is 1.90. The number of esters is 1. The van der Waals surface area contributed by atoms with E-state index in [-0.39, 0.29) is 17.3 Å². The average molecular weight is 254 g/mol. The van der Waals surface area contributed by atoms with Crippen LogP contribution in [0.4, 0.5) is 13.2 Å². The van der Waals surface area contributed by atoms with Crippen molar-refractivity contribution < 1.29 is 22.7 Å². The third kappa shape index (κ3) is 3.10. The molecule has 0 bridgehead atoms. The highest BCUT2D eigenvalue weighted by Gasteiger charge is 2.31. The Balaban J connectivity index is 2.96. The highest BCUT2D eigenvalue weighted by molar-refractivity contribution is 6.32. The molecule has 0 aromatic carbocycles. The summed E-state index contributed by atoms with van der Waals surface area (Å²) in [7, 11) is 0. The molecule has 0 aliphatic carbocycles. The fourth-order valence-corrected chi connectivity index (χ4v) is 1.04. The summed E-state index contributed by atoms with van der Waals surface area (Å²) in [5.74, 6) is -0.935. The molecule has 0 aliphatic rings. The van der Waals surface area contributed by atoms with Gasteiger partial charge in [-0.25, -0.2) is 4.98 Å². The molecule has 1 aromatic rings. The molecular weight excluding hydrogens is 247 g/mol. The first-order valence-electron chi connectivity index (χ1n) is 4.28. The molecule has 7 heteroatoms. The smallest absolute Gasteiger partial charge is 0.406 e. The van der Waals surface area contributed by atoms with Gasteiger partial charge in [-0.1, -0.05) is 18.5 Å². The molecule has 0 aliphatic heterocycles. The summed E-state index contributed by atoms with van der Waals surface area (Å²) >= 11 is 5.50. The van der Waals surface area contributed by atoms with Crippen LogP contribution in [-0.2, 0) is 11.0 Å². The van der Waals surface area contributed by atoms with Crippen LogP contribution in [0.5, 0.6) is 5.88 Å². The Labute approximate surface area is 94.2 Å². The lowest BCUT2D eigenvalue weighted by Gasteiger charge is -2.08. The van der Waals surface area contributed by atoms with E-state index in [0.29, 0.717) is 12.3 Å². The van der Waals surface area contributed by atoms with Crippen LogP contribution >= 0.6 is 11.6 Å². The molecular formula is C9H7ClF3NO2. The van der Waals surface area contributed by atoms with Gasteiger partial charge in [0.25, 0.3) is 0 Å². The van der Waals surface area contributed by atoms with Crippen LogP contribution in [0.25, 0.3) is 0 Å². The summed E-state index contributed by atoms with van der Waals surface area (Å²) < 4.78 is 41.3. The number of halogens is 4. The molecule has 0 amide bonds. The van der Waals surface area contributed by atoms with E-state index in [1.54, 1.807) is 6.92 Å². The molecule has 1 rings (SSSR count). The van der Waals surface area contributed by atoms with Gasteiger partial charge in [0, 0.05) is 12.6 Å². The Bertz CT molecular complexity index is 406. The number of alkyl halides is 3. The first kappa shape index (κ1) is 12.8. The number of hydrogen-bond donors (Lipinski definition) is 0. The van der Waals surface area contributed by atoms with Gasteiger partial charge >= 0.3 is 12.1 Å². The Kier molecular flexibility index (Phi) is 3.74. The highest BCUT2D eigenvalue weighted by Crippen LogP contribution is 2.33. The number of nitrogens with zero attached hydrogens (tertiary/aromatic N) is 1. The van der Waals surface area contributed by atoms with Crippen molar-refractivity contribution >= 4 is 17.6 Å². The van der Waals surface area contributed by atoms with Gasteiger partial charge < -0.3 is 4.74 Å². The van der Waals surface area contributed by atoms with Crippen molar-refractivity contribution in [3.63, 3.8) is 0 Å². The van der Waals surface area contributed by atoms with Crippen molar-refractivity contribution in [3.8, 4) is 5.88 Å². The molecule has 0 N–H and O–H groups in total. The monoisotopic (exact) mass is 253 g/mol. The minimum atomic E-state index is -4.52. The molecule has 0 spiro atoms. The van der Waals surface area contributed by atoms with Crippen LogP contribution < -0.4 is 4.74 Å². The summed E-state index contributed by atoms with van der Waals surface area (Å²) in [6.07, 6.45) is -3.88. The predicted octanol–water partition coefficient (Wildman–Crippen LogP) is 3.07. The first-order chi connectivity index (χ1) is 7.34. The Morgan fingerprint density at radius 2 is 2.19 bits per heavy atom. The van der Waals surface area contributed by atoms with Gasteiger partial charge in [-0.15, -0.1) is 0 Å². The maximum atomic E-state index is 12.2. The molecule has 0 saturated carbocycles. The van der Waals surface area contributed by atoms with Crippen molar-refractivity contribution in [3.05, 3.63) is 22.8 Å². The number of hydrogen-bond acceptors (Lipinski definition) is 3. The van der Waals surface area contributed by atoms with E-state index in [1.807, 2.05) is 0 Å². The minimum Gasteiger partial charge on any atom is -0.406 e. The molecule has 0 fully saturated rings. The summed E-state index contributed by atoms with van der Waals surface area (Å²) in [6, 6.07) is 0.660. The highest BCUT2D eigenvalue weighted by atomic mass is 35.5. The van der Waals surface area contributed by atoms with Crippen molar-refractivity contribution in [2.75, 3.05) is 0 Å². The van der Waals surface area contributed by atoms with E-state index >= 15 is 0 Å². The number of carbonyl (C=O) groups excluding carboxylic acids is 1. The maximum absolute atomic E-state index is 12.2. The summed E-state index contributed by atoms with van der Waals surface area (Å²) in [6.45, 7) is 1.54. The normalized spacial score (nSPS) is 11.3. The molecule has 88 valence electrons. The Hall–Kier alpha value is -1.30. The predicted molar refractivity (Wildman–Crippen MR) is 50.2 cm³/mol. The van der Waals surface area contributed by atoms with Gasteiger partial charge in [0.1, 0.15) is 5.02 Å². The third-order valence-electron chi connectivity index (χ3n) is 1.63. The number of pyridine rings is 1. The average Bonchev–Trinajstić information content (AvgIpc) is 2.19. The number of rotatable bonds is 2. The number of aromatic nitrogens is 1. The van der Waals surface area contributed by atoms with E-state index < -0.39 is 17.7 Å². The molecule has 0 saturated heterocycles. The fourth-order valence-electron chi connectivity index (χ4n) is 0.835. The fraction of sp³-hybridized carbons (Fsp3) is 0.333. The van der Waals surface area contributed by atoms with E-state index in [9.17, 15) is 18.0 Å². The van der Waals surface area contributed by atoms with Crippen molar-refractivity contribution in [1.29, 1.82) is 0 Å². The minimum absolute atomic E-state index is 0.0824. The number of ether oxygens (including phenoxy) is 1. The van der Waals surface area contributed by atoms with Gasteiger partial charge in [0.15, 0.2) is 0 Å². The standard InChI is InChI=1S/C9H7ClF3NO2/c1-2-7(15)16-8-6(10)3-5(4-14-8)9(11,12)13/h3-4H,2H2,1H3. The molecule has 16 heavy (non-hydrogen) atoms. The van der Waals surface area contributed by atoms with Gasteiger partial charge in [-0.2, -0.15) is 13.2 Å². The van der Waals surface area contributed by atoms with Gasteiger partial charge in [0.05, 0.1) is 5.56 Å². The summed E-state index contributed by atoms with van der Waals surface area (Å²) in [4.78, 5) is 14.2. The molecule has 0 atom stereocenters. The SMILES string of the molecule is CCC(=O)Oc1ncc(C(F)(F)F)cc1Cl. The zero-order valence-corrected chi connectivity index (χ0v) is 8.89. The number of carbonyl (C=O) groups is 1. The quantitative estimate of drug-likeness (QED) is 0.761. The van der Waals surface area contributed by atoms with Crippen molar-refractivity contribution in [1.82, 2.24) is 4.98 Å². The Morgan fingerprint density at radius 3 is 2.62 bits per heavy atom. The molecule has 3 nitrogen and oxygen atoms in total. The summed E-state index contributed by atoms with van der Waals surface area (Å²) in [5, 5.41) is -0.350. The van der Waals surface area contributed by atoms with Crippen LogP contribution in [0.15, 0.2) is 12.3 Å². The lowest BCUT2D eigenvalue weighted by atomic mass is 10.3. The second-order valence-corrected chi connectivity index (χ2v) is 3.24. The van der Waals surface area contributed by atoms with E-state index in [1.165, 1.54) is 0 Å². The van der Waals surface area contributed by atoms with Crippen LogP contribution in [0.1, 0.15) is 18.9 Å². The van der Waals surface area contributed by atoms with Crippen molar-refractivity contribution in [2.45, 2.75) is 19.5 Å². The lowest BCUT2D eigenvalue weighted by molar-refractivity contribution is -0.137. The second kappa shape index (κ2) is 4.69. The van der Waals surface area contributed by atoms with Crippen LogP contribution in [0, 0.1) is 0 Å². The lowest BCUT2D eigenvalue weighted by Crippen LogP contribution is -2.09. The molecule has 1 aromatic heterocycles. The van der Waals surface area contributed by atoms with Gasteiger partial charge in [-0.05, 0) is 6.07 Å². The Morgan fingerprint density at radius 1 is 1.56 bits per heavy atom. The second-order valence-electron chi connectivity index (χ2n) is 2.84. The van der Waals surface area contributed by atoms with Crippen LogP contribution in [0.3, 0.4) is 0 Å². The summed E-state index contributed by atoms with van der Waals surface area (Å²) in [5.41, 5.74) is -0.992. The van der Waals surface area contributed by atoms with Gasteiger partial charge in [-0.3, -0.25) is 4.79 Å². The van der Waals surface area contributed by atoms with E-state index in [2.05, 4.69) is 9.72 Å². The van der Waals surface area contributed by atoms with Crippen molar-refractivity contribution in [2.24, 2.45) is 0 Å². The maximum Gasteiger partial charge on any atom is 0.417 e. The van der Waals surface area contributed by atoms with E-state index in [0.717, 1.165) is 0 Å².